The van der Waals surface area contributed by atoms with Crippen molar-refractivity contribution < 1.29 is 5.21 Å². The fourth-order valence-corrected chi connectivity index (χ4v) is 2.14. The van der Waals surface area contributed by atoms with E-state index >= 15 is 0 Å². The number of pyridine rings is 1. The van der Waals surface area contributed by atoms with Crippen molar-refractivity contribution in [1.29, 1.82) is 0 Å². The van der Waals surface area contributed by atoms with Crippen LogP contribution in [0.5, 0.6) is 0 Å². The minimum Gasteiger partial charge on any atom is -0.411 e. The lowest BCUT2D eigenvalue weighted by Crippen LogP contribution is -2.12. The summed E-state index contributed by atoms with van der Waals surface area (Å²) in [6.07, 6.45) is 3.40. The standard InChI is InChI=1S/C15H16N2O/c1-11-5-3-4-6-14(11)12(2)15(17-18)13-7-9-16-10-8-13/h3-10,12,18H,1-2H3. The number of hydrogen-bond donors (Lipinski definition) is 1. The smallest absolute Gasteiger partial charge is 0.0940 e. The summed E-state index contributed by atoms with van der Waals surface area (Å²) in [5, 5.41) is 12.7. The van der Waals surface area contributed by atoms with E-state index in [1.165, 1.54) is 11.1 Å². The Labute approximate surface area is 107 Å². The Balaban J connectivity index is 2.39. The molecular formula is C15H16N2O. The van der Waals surface area contributed by atoms with Crippen LogP contribution in [0.15, 0.2) is 53.9 Å². The lowest BCUT2D eigenvalue weighted by atomic mass is 9.89. The molecule has 0 aliphatic rings. The van der Waals surface area contributed by atoms with Gasteiger partial charge in [-0.05, 0) is 30.2 Å². The fourth-order valence-electron chi connectivity index (χ4n) is 2.14. The van der Waals surface area contributed by atoms with Crippen LogP contribution in [0.25, 0.3) is 0 Å². The molecule has 0 saturated carbocycles. The monoisotopic (exact) mass is 240 g/mol. The summed E-state index contributed by atoms with van der Waals surface area (Å²) >= 11 is 0. The van der Waals surface area contributed by atoms with Gasteiger partial charge in [0.25, 0.3) is 0 Å². The van der Waals surface area contributed by atoms with E-state index in [1.807, 2.05) is 31.2 Å². The van der Waals surface area contributed by atoms with Gasteiger partial charge in [0.05, 0.1) is 5.71 Å². The molecule has 0 radical (unpaired) electrons. The SMILES string of the molecule is Cc1ccccc1C(C)C(=NO)c1ccncc1. The molecule has 1 atom stereocenters. The van der Waals surface area contributed by atoms with Gasteiger partial charge in [-0.2, -0.15) is 0 Å². The van der Waals surface area contributed by atoms with Crippen molar-refractivity contribution in [3.05, 3.63) is 65.5 Å². The Morgan fingerprint density at radius 1 is 1.17 bits per heavy atom. The number of aryl methyl sites for hydroxylation is 1. The molecule has 0 amide bonds. The van der Waals surface area contributed by atoms with Gasteiger partial charge in [0.2, 0.25) is 0 Å². The van der Waals surface area contributed by atoms with E-state index in [0.29, 0.717) is 5.71 Å². The van der Waals surface area contributed by atoms with E-state index in [-0.39, 0.29) is 5.92 Å². The summed E-state index contributed by atoms with van der Waals surface area (Å²) < 4.78 is 0. The normalized spacial score (nSPS) is 13.3. The third-order valence-corrected chi connectivity index (χ3v) is 3.15. The second kappa shape index (κ2) is 5.45. The third kappa shape index (κ3) is 2.40. The molecule has 0 saturated heterocycles. The van der Waals surface area contributed by atoms with Crippen molar-refractivity contribution in [3.63, 3.8) is 0 Å². The van der Waals surface area contributed by atoms with Crippen LogP contribution in [0, 0.1) is 6.92 Å². The minimum absolute atomic E-state index is 0.0404. The Bertz CT molecular complexity index is 549. The molecule has 1 heterocycles. The van der Waals surface area contributed by atoms with Gasteiger partial charge in [-0.25, -0.2) is 0 Å². The Morgan fingerprint density at radius 3 is 2.44 bits per heavy atom. The second-order valence-electron chi connectivity index (χ2n) is 4.30. The van der Waals surface area contributed by atoms with E-state index in [9.17, 15) is 5.21 Å². The van der Waals surface area contributed by atoms with Crippen molar-refractivity contribution in [2.45, 2.75) is 19.8 Å². The topological polar surface area (TPSA) is 45.5 Å². The van der Waals surface area contributed by atoms with E-state index in [4.69, 9.17) is 0 Å². The number of nitrogens with zero attached hydrogens (tertiary/aromatic N) is 2. The van der Waals surface area contributed by atoms with Gasteiger partial charge in [-0.3, -0.25) is 4.98 Å². The zero-order valence-corrected chi connectivity index (χ0v) is 10.5. The zero-order chi connectivity index (χ0) is 13.0. The van der Waals surface area contributed by atoms with Crippen molar-refractivity contribution in [1.82, 2.24) is 4.98 Å². The summed E-state index contributed by atoms with van der Waals surface area (Å²) in [7, 11) is 0. The Morgan fingerprint density at radius 2 is 1.83 bits per heavy atom. The molecule has 0 spiro atoms. The van der Waals surface area contributed by atoms with Crippen LogP contribution in [-0.2, 0) is 0 Å². The number of benzene rings is 1. The van der Waals surface area contributed by atoms with E-state index in [2.05, 4.69) is 29.2 Å². The quantitative estimate of drug-likeness (QED) is 0.508. The summed E-state index contributed by atoms with van der Waals surface area (Å²) in [4.78, 5) is 3.98. The molecule has 1 N–H and O–H groups in total. The Kier molecular flexibility index (Phi) is 3.72. The molecule has 0 fully saturated rings. The highest BCUT2D eigenvalue weighted by Crippen LogP contribution is 2.23. The Hall–Kier alpha value is -2.16. The van der Waals surface area contributed by atoms with Crippen LogP contribution in [-0.4, -0.2) is 15.9 Å². The van der Waals surface area contributed by atoms with Crippen molar-refractivity contribution in [3.8, 4) is 0 Å². The van der Waals surface area contributed by atoms with E-state index < -0.39 is 0 Å². The molecule has 1 unspecified atom stereocenters. The molecule has 18 heavy (non-hydrogen) atoms. The largest absolute Gasteiger partial charge is 0.411 e. The maximum absolute atomic E-state index is 9.27. The van der Waals surface area contributed by atoms with Crippen LogP contribution in [0.4, 0.5) is 0 Å². The van der Waals surface area contributed by atoms with Gasteiger partial charge in [0.1, 0.15) is 0 Å². The maximum atomic E-state index is 9.27. The average Bonchev–Trinajstić information content (AvgIpc) is 2.41. The average molecular weight is 240 g/mol. The number of hydrogen-bond acceptors (Lipinski definition) is 3. The summed E-state index contributed by atoms with van der Waals surface area (Å²) in [5.41, 5.74) is 3.91. The molecule has 2 aromatic rings. The van der Waals surface area contributed by atoms with Gasteiger partial charge in [-0.15, -0.1) is 0 Å². The third-order valence-electron chi connectivity index (χ3n) is 3.15. The molecule has 0 aliphatic carbocycles. The molecular weight excluding hydrogens is 224 g/mol. The highest BCUT2D eigenvalue weighted by molar-refractivity contribution is 6.04. The molecule has 0 aliphatic heterocycles. The van der Waals surface area contributed by atoms with Crippen molar-refractivity contribution in [2.24, 2.45) is 5.16 Å². The minimum atomic E-state index is 0.0404. The number of aromatic nitrogens is 1. The molecule has 2 rings (SSSR count). The van der Waals surface area contributed by atoms with E-state index in [1.54, 1.807) is 12.4 Å². The first-order valence-electron chi connectivity index (χ1n) is 5.92. The van der Waals surface area contributed by atoms with Crippen LogP contribution in [0.3, 0.4) is 0 Å². The van der Waals surface area contributed by atoms with Gasteiger partial charge in [0.15, 0.2) is 0 Å². The zero-order valence-electron chi connectivity index (χ0n) is 10.5. The first-order chi connectivity index (χ1) is 8.74. The second-order valence-corrected chi connectivity index (χ2v) is 4.30. The predicted molar refractivity (Wildman–Crippen MR) is 72.2 cm³/mol. The van der Waals surface area contributed by atoms with Crippen LogP contribution in [0.2, 0.25) is 0 Å². The van der Waals surface area contributed by atoms with Crippen LogP contribution in [0.1, 0.15) is 29.5 Å². The number of oxime groups is 1. The van der Waals surface area contributed by atoms with Gasteiger partial charge in [-0.1, -0.05) is 36.3 Å². The molecule has 0 bridgehead atoms. The van der Waals surface area contributed by atoms with Crippen LogP contribution >= 0.6 is 0 Å². The van der Waals surface area contributed by atoms with Crippen molar-refractivity contribution in [2.75, 3.05) is 0 Å². The highest BCUT2D eigenvalue weighted by atomic mass is 16.4. The maximum Gasteiger partial charge on any atom is 0.0940 e. The molecule has 92 valence electrons. The first-order valence-corrected chi connectivity index (χ1v) is 5.92. The van der Waals surface area contributed by atoms with E-state index in [0.717, 1.165) is 5.56 Å². The van der Waals surface area contributed by atoms with Gasteiger partial charge < -0.3 is 5.21 Å². The summed E-state index contributed by atoms with van der Waals surface area (Å²) in [6.45, 7) is 4.10. The highest BCUT2D eigenvalue weighted by Gasteiger charge is 2.17. The first kappa shape index (κ1) is 12.3. The number of rotatable bonds is 3. The van der Waals surface area contributed by atoms with Crippen molar-refractivity contribution >= 4 is 5.71 Å². The fraction of sp³-hybridized carbons (Fsp3) is 0.200. The summed E-state index contributed by atoms with van der Waals surface area (Å²) in [5.74, 6) is 0.0404. The molecule has 1 aromatic heterocycles. The van der Waals surface area contributed by atoms with Gasteiger partial charge in [0, 0.05) is 23.9 Å². The summed E-state index contributed by atoms with van der Waals surface area (Å²) in [6, 6.07) is 11.8. The molecule has 3 heteroatoms. The lowest BCUT2D eigenvalue weighted by molar-refractivity contribution is 0.317. The van der Waals surface area contributed by atoms with Gasteiger partial charge >= 0.3 is 0 Å². The van der Waals surface area contributed by atoms with Crippen LogP contribution < -0.4 is 0 Å². The molecule has 1 aromatic carbocycles. The molecule has 3 nitrogen and oxygen atoms in total. The predicted octanol–water partition coefficient (Wildman–Crippen LogP) is 3.37. The lowest BCUT2D eigenvalue weighted by Gasteiger charge is -2.16.